The Morgan fingerprint density at radius 3 is 2.67 bits per heavy atom. The van der Waals surface area contributed by atoms with Crippen LogP contribution in [0.1, 0.15) is 26.3 Å². The van der Waals surface area contributed by atoms with E-state index >= 15 is 0 Å². The van der Waals surface area contributed by atoms with Crippen LogP contribution in [-0.4, -0.2) is 37.5 Å². The van der Waals surface area contributed by atoms with Gasteiger partial charge in [0.15, 0.2) is 0 Å². The van der Waals surface area contributed by atoms with Gasteiger partial charge in [0, 0.05) is 24.0 Å². The normalized spacial score (nSPS) is 23.2. The highest BCUT2D eigenvalue weighted by Crippen LogP contribution is 2.28. The molecule has 0 aromatic heterocycles. The van der Waals surface area contributed by atoms with E-state index in [-0.39, 0.29) is 16.9 Å². The Bertz CT molecular complexity index is 631. The van der Waals surface area contributed by atoms with E-state index in [9.17, 15) is 8.42 Å². The van der Waals surface area contributed by atoms with Gasteiger partial charge >= 0.3 is 0 Å². The van der Waals surface area contributed by atoms with E-state index in [2.05, 4.69) is 0 Å². The summed E-state index contributed by atoms with van der Waals surface area (Å²) in [5, 5.41) is 0.472. The minimum atomic E-state index is -3.58. The molecule has 1 aliphatic rings. The first-order chi connectivity index (χ1) is 9.65. The van der Waals surface area contributed by atoms with Gasteiger partial charge in [0.2, 0.25) is 10.0 Å². The first kappa shape index (κ1) is 17.0. The van der Waals surface area contributed by atoms with E-state index in [1.165, 1.54) is 16.4 Å². The van der Waals surface area contributed by atoms with Crippen LogP contribution < -0.4 is 0 Å². The van der Waals surface area contributed by atoms with E-state index in [1.54, 1.807) is 6.07 Å². The lowest BCUT2D eigenvalue weighted by molar-refractivity contribution is -0.109. The number of alkyl halides is 1. The highest BCUT2D eigenvalue weighted by molar-refractivity contribution is 7.89. The Balaban J connectivity index is 2.37. The molecule has 7 heteroatoms. The van der Waals surface area contributed by atoms with Gasteiger partial charge in [0.25, 0.3) is 0 Å². The highest BCUT2D eigenvalue weighted by Gasteiger charge is 2.38. The van der Waals surface area contributed by atoms with Gasteiger partial charge < -0.3 is 4.74 Å². The number of hydrogen-bond acceptors (Lipinski definition) is 3. The van der Waals surface area contributed by atoms with Crippen molar-refractivity contribution in [2.24, 2.45) is 0 Å². The van der Waals surface area contributed by atoms with Crippen LogP contribution >= 0.6 is 23.2 Å². The fraction of sp³-hybridized carbons (Fsp3) is 0.571. The van der Waals surface area contributed by atoms with Crippen LogP contribution in [0.5, 0.6) is 0 Å². The molecule has 1 aliphatic heterocycles. The number of rotatable bonds is 3. The second-order valence-corrected chi connectivity index (χ2v) is 8.48. The maximum Gasteiger partial charge on any atom is 0.243 e. The third-order valence-corrected chi connectivity index (χ3v) is 5.80. The molecule has 2 rings (SSSR count). The molecular formula is C14H19Cl2NO3S. The molecule has 1 unspecified atom stereocenters. The number of sulfonamides is 1. The van der Waals surface area contributed by atoms with E-state index < -0.39 is 15.6 Å². The van der Waals surface area contributed by atoms with Crippen molar-refractivity contribution in [3.8, 4) is 0 Å². The molecule has 0 bridgehead atoms. The van der Waals surface area contributed by atoms with Crippen molar-refractivity contribution in [2.45, 2.75) is 43.3 Å². The molecule has 0 N–H and O–H groups in total. The van der Waals surface area contributed by atoms with Crippen LogP contribution in [0.2, 0.25) is 5.02 Å². The summed E-state index contributed by atoms with van der Waals surface area (Å²) in [4.78, 5) is 0.215. The fourth-order valence-corrected chi connectivity index (χ4v) is 4.73. The molecule has 1 aromatic carbocycles. The average Bonchev–Trinajstić information content (AvgIpc) is 2.36. The van der Waals surface area contributed by atoms with Crippen LogP contribution in [0.25, 0.3) is 0 Å². The van der Waals surface area contributed by atoms with Crippen molar-refractivity contribution in [2.75, 3.05) is 13.1 Å². The summed E-state index contributed by atoms with van der Waals surface area (Å²) in [6, 6.07) is 4.62. The smallest absolute Gasteiger partial charge is 0.243 e. The van der Waals surface area contributed by atoms with Crippen molar-refractivity contribution in [1.82, 2.24) is 4.31 Å². The molecule has 1 heterocycles. The second-order valence-electron chi connectivity index (χ2n) is 5.87. The number of halogens is 2. The van der Waals surface area contributed by atoms with E-state index in [0.29, 0.717) is 23.7 Å². The van der Waals surface area contributed by atoms with Crippen LogP contribution in [0, 0.1) is 0 Å². The lowest BCUT2D eigenvalue weighted by Crippen LogP contribution is -2.53. The molecule has 0 amide bonds. The number of ether oxygens (including phenoxy) is 1. The molecule has 118 valence electrons. The predicted molar refractivity (Wildman–Crippen MR) is 84.4 cm³/mol. The molecule has 1 atom stereocenters. The van der Waals surface area contributed by atoms with Crippen molar-refractivity contribution in [1.29, 1.82) is 0 Å². The summed E-state index contributed by atoms with van der Waals surface area (Å²) in [6.07, 6.45) is -0.150. The third kappa shape index (κ3) is 3.71. The Morgan fingerprint density at radius 2 is 2.10 bits per heavy atom. The quantitative estimate of drug-likeness (QED) is 0.785. The molecule has 21 heavy (non-hydrogen) atoms. The van der Waals surface area contributed by atoms with Gasteiger partial charge in [-0.15, -0.1) is 11.6 Å². The predicted octanol–water partition coefficient (Wildman–Crippen LogP) is 3.27. The molecule has 0 aliphatic carbocycles. The lowest BCUT2D eigenvalue weighted by Gasteiger charge is -2.40. The number of hydrogen-bond donors (Lipinski definition) is 0. The second kappa shape index (κ2) is 6.05. The monoisotopic (exact) mass is 351 g/mol. The molecular weight excluding hydrogens is 333 g/mol. The minimum Gasteiger partial charge on any atom is -0.370 e. The summed E-state index contributed by atoms with van der Waals surface area (Å²) in [5.41, 5.74) is 0.104. The Kier molecular flexibility index (Phi) is 4.90. The molecule has 1 saturated heterocycles. The van der Waals surface area contributed by atoms with Gasteiger partial charge in [0.05, 0.1) is 16.6 Å². The van der Waals surface area contributed by atoms with Crippen molar-refractivity contribution in [3.05, 3.63) is 28.8 Å². The maximum absolute atomic E-state index is 12.8. The van der Waals surface area contributed by atoms with Crippen LogP contribution in [0.3, 0.4) is 0 Å². The summed E-state index contributed by atoms with van der Waals surface area (Å²) in [6.45, 7) is 6.30. The Hall–Kier alpha value is -0.330. The van der Waals surface area contributed by atoms with Crippen molar-refractivity contribution in [3.63, 3.8) is 0 Å². The molecule has 0 radical (unpaired) electrons. The largest absolute Gasteiger partial charge is 0.370 e. The fourth-order valence-electron chi connectivity index (χ4n) is 2.54. The van der Waals surface area contributed by atoms with Crippen molar-refractivity contribution >= 4 is 33.2 Å². The zero-order valence-electron chi connectivity index (χ0n) is 12.3. The summed E-state index contributed by atoms with van der Waals surface area (Å²) < 4.78 is 32.8. The van der Waals surface area contributed by atoms with Gasteiger partial charge in [-0.25, -0.2) is 8.42 Å². The summed E-state index contributed by atoms with van der Waals surface area (Å²) >= 11 is 11.8. The van der Waals surface area contributed by atoms with E-state index in [0.717, 1.165) is 0 Å². The van der Waals surface area contributed by atoms with Crippen LogP contribution in [-0.2, 0) is 20.6 Å². The first-order valence-corrected chi connectivity index (χ1v) is 9.03. The SMILES string of the molecule is CC1CN(S(=O)(=O)c2ccc(Cl)c(CCl)c2)CC(C)(C)O1. The van der Waals surface area contributed by atoms with E-state index in [4.69, 9.17) is 27.9 Å². The van der Waals surface area contributed by atoms with Crippen molar-refractivity contribution < 1.29 is 13.2 Å². The molecule has 0 spiro atoms. The molecule has 0 saturated carbocycles. The van der Waals surface area contributed by atoms with E-state index in [1.807, 2.05) is 20.8 Å². The Labute approximate surface area is 136 Å². The first-order valence-electron chi connectivity index (χ1n) is 6.68. The molecule has 1 fully saturated rings. The van der Waals surface area contributed by atoms with Gasteiger partial charge in [-0.05, 0) is 44.5 Å². The minimum absolute atomic E-state index is 0.150. The summed E-state index contributed by atoms with van der Waals surface area (Å²) in [7, 11) is -3.58. The average molecular weight is 352 g/mol. The topological polar surface area (TPSA) is 46.6 Å². The zero-order valence-corrected chi connectivity index (χ0v) is 14.6. The zero-order chi connectivity index (χ0) is 15.8. The lowest BCUT2D eigenvalue weighted by atomic mass is 10.1. The summed E-state index contributed by atoms with van der Waals surface area (Å²) in [5.74, 6) is 0.174. The van der Waals surface area contributed by atoms with Gasteiger partial charge in [0.1, 0.15) is 0 Å². The Morgan fingerprint density at radius 1 is 1.43 bits per heavy atom. The third-order valence-electron chi connectivity index (χ3n) is 3.34. The van der Waals surface area contributed by atoms with Gasteiger partial charge in [-0.2, -0.15) is 4.31 Å². The highest BCUT2D eigenvalue weighted by atomic mass is 35.5. The standard InChI is InChI=1S/C14H19Cl2NO3S/c1-10-8-17(9-14(2,3)20-10)21(18,19)12-4-5-13(16)11(6-12)7-15/h4-6,10H,7-9H2,1-3H3. The van der Waals surface area contributed by atoms with Crippen LogP contribution in [0.15, 0.2) is 23.1 Å². The molecule has 4 nitrogen and oxygen atoms in total. The maximum atomic E-state index is 12.8. The molecule has 1 aromatic rings. The number of nitrogens with zero attached hydrogens (tertiary/aromatic N) is 1. The van der Waals surface area contributed by atoms with Gasteiger partial charge in [-0.1, -0.05) is 11.6 Å². The van der Waals surface area contributed by atoms with Gasteiger partial charge in [-0.3, -0.25) is 0 Å². The van der Waals surface area contributed by atoms with Crippen LogP contribution in [0.4, 0.5) is 0 Å². The number of benzene rings is 1. The number of morpholine rings is 1.